The molecule has 0 bridgehead atoms. The fourth-order valence-electron chi connectivity index (χ4n) is 5.15. The number of aryl methyl sites for hydroxylation is 1. The zero-order chi connectivity index (χ0) is 20.5. The van der Waals surface area contributed by atoms with E-state index in [1.54, 1.807) is 0 Å². The van der Waals surface area contributed by atoms with Crippen LogP contribution in [-0.4, -0.2) is 4.57 Å². The molecule has 2 aromatic heterocycles. The molecular formula is C29H19NS. The minimum Gasteiger partial charge on any atom is -0.309 e. The van der Waals surface area contributed by atoms with Gasteiger partial charge in [-0.15, -0.1) is 11.3 Å². The van der Waals surface area contributed by atoms with Gasteiger partial charge in [-0.1, -0.05) is 72.8 Å². The minimum atomic E-state index is 1.22. The highest BCUT2D eigenvalue weighted by molar-refractivity contribution is 7.27. The number of nitrogens with zero attached hydrogens (tertiary/aromatic N) is 1. The van der Waals surface area contributed by atoms with Gasteiger partial charge in [-0.3, -0.25) is 0 Å². The molecule has 0 saturated heterocycles. The molecule has 0 N–H and O–H groups in total. The van der Waals surface area contributed by atoms with Crippen molar-refractivity contribution in [2.75, 3.05) is 0 Å². The normalized spacial score (nSPS) is 12.0. The quantitative estimate of drug-likeness (QED) is 0.254. The molecule has 0 radical (unpaired) electrons. The Hall–Kier alpha value is -3.62. The first kappa shape index (κ1) is 17.1. The number of fused-ring (bicyclic) bond motifs is 10. The maximum absolute atomic E-state index is 2.46. The van der Waals surface area contributed by atoms with E-state index in [1.807, 2.05) is 11.3 Å². The second-order valence-corrected chi connectivity index (χ2v) is 9.32. The molecule has 0 atom stereocenters. The molecule has 0 spiro atoms. The Morgan fingerprint density at radius 2 is 1.32 bits per heavy atom. The molecule has 2 heteroatoms. The lowest BCUT2D eigenvalue weighted by Gasteiger charge is -2.11. The van der Waals surface area contributed by atoms with E-state index in [9.17, 15) is 0 Å². The Labute approximate surface area is 183 Å². The maximum atomic E-state index is 2.46. The van der Waals surface area contributed by atoms with E-state index < -0.39 is 0 Å². The Balaban J connectivity index is 1.88. The lowest BCUT2D eigenvalue weighted by Crippen LogP contribution is -1.95. The zero-order valence-electron chi connectivity index (χ0n) is 17.1. The summed E-state index contributed by atoms with van der Waals surface area (Å²) in [6.45, 7) is 2.17. The topological polar surface area (TPSA) is 4.93 Å². The van der Waals surface area contributed by atoms with Crippen LogP contribution in [0, 0.1) is 6.92 Å². The molecule has 2 heterocycles. The number of thiophene rings is 1. The number of benzene rings is 5. The van der Waals surface area contributed by atoms with Crippen LogP contribution in [0.15, 0.2) is 97.1 Å². The number of para-hydroxylation sites is 1. The van der Waals surface area contributed by atoms with Crippen LogP contribution in [0.25, 0.3) is 58.4 Å². The molecule has 0 unspecified atom stereocenters. The van der Waals surface area contributed by atoms with E-state index in [1.165, 1.54) is 64.0 Å². The third kappa shape index (κ3) is 2.26. The standard InChI is InChI=1S/C29H19NS/c1-18-9-8-10-19(17-18)30-24-15-6-4-13-22(24)26-27-23-14-5-7-16-25(23)31-29(27)21-12-3-2-11-20(21)28(26)30/h2-17H,1H3. The van der Waals surface area contributed by atoms with Crippen molar-refractivity contribution in [2.45, 2.75) is 6.92 Å². The highest BCUT2D eigenvalue weighted by Crippen LogP contribution is 2.47. The molecule has 7 aromatic rings. The van der Waals surface area contributed by atoms with Gasteiger partial charge in [-0.05, 0) is 36.8 Å². The summed E-state index contributed by atoms with van der Waals surface area (Å²) in [4.78, 5) is 0. The van der Waals surface area contributed by atoms with E-state index in [0.717, 1.165) is 0 Å². The molecule has 31 heavy (non-hydrogen) atoms. The van der Waals surface area contributed by atoms with Crippen LogP contribution in [0.4, 0.5) is 0 Å². The maximum Gasteiger partial charge on any atom is 0.0626 e. The Kier molecular flexibility index (Phi) is 3.42. The van der Waals surface area contributed by atoms with Crippen molar-refractivity contribution in [2.24, 2.45) is 0 Å². The average molecular weight is 414 g/mol. The molecule has 0 fully saturated rings. The van der Waals surface area contributed by atoms with Gasteiger partial charge in [0, 0.05) is 47.4 Å². The summed E-state index contributed by atoms with van der Waals surface area (Å²) < 4.78 is 5.20. The van der Waals surface area contributed by atoms with Crippen molar-refractivity contribution in [1.82, 2.24) is 4.57 Å². The molecule has 0 aliphatic heterocycles. The molecule has 0 aliphatic carbocycles. The zero-order valence-corrected chi connectivity index (χ0v) is 17.9. The van der Waals surface area contributed by atoms with E-state index >= 15 is 0 Å². The fourth-order valence-corrected chi connectivity index (χ4v) is 6.40. The van der Waals surface area contributed by atoms with Crippen LogP contribution in [0.2, 0.25) is 0 Å². The van der Waals surface area contributed by atoms with Gasteiger partial charge in [0.2, 0.25) is 0 Å². The summed E-state index contributed by atoms with van der Waals surface area (Å²) in [5.74, 6) is 0. The third-order valence-corrected chi connectivity index (χ3v) is 7.61. The largest absolute Gasteiger partial charge is 0.309 e. The van der Waals surface area contributed by atoms with E-state index in [-0.39, 0.29) is 0 Å². The Morgan fingerprint density at radius 1 is 0.613 bits per heavy atom. The molecule has 0 aliphatic rings. The Bertz CT molecular complexity index is 1800. The van der Waals surface area contributed by atoms with Crippen LogP contribution in [-0.2, 0) is 0 Å². The lowest BCUT2D eigenvalue weighted by molar-refractivity contribution is 1.18. The lowest BCUT2D eigenvalue weighted by atomic mass is 10.00. The first-order chi connectivity index (χ1) is 15.3. The third-order valence-electron chi connectivity index (χ3n) is 6.41. The van der Waals surface area contributed by atoms with Crippen LogP contribution < -0.4 is 0 Å². The predicted octanol–water partition coefficient (Wildman–Crippen LogP) is 8.61. The summed E-state index contributed by atoms with van der Waals surface area (Å²) in [5, 5.41) is 8.07. The van der Waals surface area contributed by atoms with E-state index in [4.69, 9.17) is 0 Å². The first-order valence-corrected chi connectivity index (χ1v) is 11.4. The van der Waals surface area contributed by atoms with Crippen molar-refractivity contribution in [3.8, 4) is 5.69 Å². The first-order valence-electron chi connectivity index (χ1n) is 10.6. The molecule has 146 valence electrons. The fraction of sp³-hybridized carbons (Fsp3) is 0.0345. The summed E-state index contributed by atoms with van der Waals surface area (Å²) in [5.41, 5.74) is 5.06. The molecular weight excluding hydrogens is 394 g/mol. The van der Waals surface area contributed by atoms with Gasteiger partial charge in [-0.25, -0.2) is 0 Å². The molecule has 5 aromatic carbocycles. The van der Waals surface area contributed by atoms with Gasteiger partial charge in [0.15, 0.2) is 0 Å². The molecule has 0 amide bonds. The van der Waals surface area contributed by atoms with E-state index in [2.05, 4.69) is 109 Å². The van der Waals surface area contributed by atoms with Crippen LogP contribution >= 0.6 is 11.3 Å². The van der Waals surface area contributed by atoms with Gasteiger partial charge in [0.05, 0.1) is 11.0 Å². The average Bonchev–Trinajstić information content (AvgIpc) is 3.35. The summed E-state index contributed by atoms with van der Waals surface area (Å²) >= 11 is 1.91. The molecule has 7 rings (SSSR count). The van der Waals surface area contributed by atoms with Gasteiger partial charge in [-0.2, -0.15) is 0 Å². The molecule has 0 saturated carbocycles. The molecule has 1 nitrogen and oxygen atoms in total. The van der Waals surface area contributed by atoms with Crippen LogP contribution in [0.5, 0.6) is 0 Å². The van der Waals surface area contributed by atoms with Gasteiger partial charge in [0.25, 0.3) is 0 Å². The van der Waals surface area contributed by atoms with Gasteiger partial charge in [0.1, 0.15) is 0 Å². The van der Waals surface area contributed by atoms with Crippen molar-refractivity contribution >= 4 is 64.1 Å². The smallest absolute Gasteiger partial charge is 0.0626 e. The minimum absolute atomic E-state index is 1.22. The number of hydrogen-bond acceptors (Lipinski definition) is 1. The second kappa shape index (κ2) is 6.19. The number of aromatic nitrogens is 1. The monoisotopic (exact) mass is 413 g/mol. The Morgan fingerprint density at radius 3 is 2.16 bits per heavy atom. The highest BCUT2D eigenvalue weighted by Gasteiger charge is 2.21. The van der Waals surface area contributed by atoms with Crippen molar-refractivity contribution in [3.63, 3.8) is 0 Å². The summed E-state index contributed by atoms with van der Waals surface area (Å²) in [6, 6.07) is 35.4. The van der Waals surface area contributed by atoms with Gasteiger partial charge >= 0.3 is 0 Å². The van der Waals surface area contributed by atoms with Crippen molar-refractivity contribution in [3.05, 3.63) is 103 Å². The van der Waals surface area contributed by atoms with Crippen molar-refractivity contribution in [1.29, 1.82) is 0 Å². The van der Waals surface area contributed by atoms with Crippen LogP contribution in [0.3, 0.4) is 0 Å². The van der Waals surface area contributed by atoms with Crippen LogP contribution in [0.1, 0.15) is 5.56 Å². The van der Waals surface area contributed by atoms with Crippen molar-refractivity contribution < 1.29 is 0 Å². The number of rotatable bonds is 1. The summed E-state index contributed by atoms with van der Waals surface area (Å²) in [7, 11) is 0. The number of hydrogen-bond donors (Lipinski definition) is 0. The van der Waals surface area contributed by atoms with E-state index in [0.29, 0.717) is 0 Å². The summed E-state index contributed by atoms with van der Waals surface area (Å²) in [6.07, 6.45) is 0. The predicted molar refractivity (Wildman–Crippen MR) is 136 cm³/mol. The highest BCUT2D eigenvalue weighted by atomic mass is 32.1. The van der Waals surface area contributed by atoms with Gasteiger partial charge < -0.3 is 4.57 Å². The SMILES string of the molecule is Cc1cccc(-n2c3ccccc3c3c4c5ccccc5sc4c4ccccc4c32)c1. The second-order valence-electron chi connectivity index (χ2n) is 8.26.